The minimum atomic E-state index is -0.0303. The molecule has 1 aliphatic rings. The number of likely N-dealkylation sites (tertiary alicyclic amines) is 1. The smallest absolute Gasteiger partial charge is 0.320 e. The highest BCUT2D eigenvalue weighted by Crippen LogP contribution is 2.18. The van der Waals surface area contributed by atoms with Crippen LogP contribution in [0.25, 0.3) is 0 Å². The summed E-state index contributed by atoms with van der Waals surface area (Å²) in [5.74, 6) is 0.822. The van der Waals surface area contributed by atoms with E-state index in [1.807, 2.05) is 30.9 Å². The molecule has 4 heteroatoms. The highest BCUT2D eigenvalue weighted by molar-refractivity contribution is 5.74. The average molecular weight is 248 g/mol. The van der Waals surface area contributed by atoms with Crippen LogP contribution in [0.2, 0.25) is 0 Å². The lowest BCUT2D eigenvalue weighted by Gasteiger charge is -2.17. The minimum absolute atomic E-state index is 0.0303. The first-order chi connectivity index (χ1) is 8.66. The van der Waals surface area contributed by atoms with E-state index in [1.165, 1.54) is 5.56 Å². The highest BCUT2D eigenvalue weighted by Gasteiger charge is 2.17. The lowest BCUT2D eigenvalue weighted by atomic mass is 10.1. The SMILES string of the molecule is Cc1ccc(OCNC(=O)N2CCCC2)c(C)c1. The molecule has 1 saturated heterocycles. The summed E-state index contributed by atoms with van der Waals surface area (Å²) in [7, 11) is 0. The maximum Gasteiger partial charge on any atom is 0.320 e. The van der Waals surface area contributed by atoms with Gasteiger partial charge in [0.05, 0.1) is 0 Å². The number of carbonyl (C=O) groups excluding carboxylic acids is 1. The van der Waals surface area contributed by atoms with Crippen molar-refractivity contribution in [3.63, 3.8) is 0 Å². The van der Waals surface area contributed by atoms with Crippen molar-refractivity contribution in [2.45, 2.75) is 26.7 Å². The summed E-state index contributed by atoms with van der Waals surface area (Å²) in [6.07, 6.45) is 2.21. The lowest BCUT2D eigenvalue weighted by molar-refractivity contribution is 0.194. The van der Waals surface area contributed by atoms with Crippen molar-refractivity contribution in [2.75, 3.05) is 19.8 Å². The van der Waals surface area contributed by atoms with Crippen molar-refractivity contribution >= 4 is 6.03 Å². The van der Waals surface area contributed by atoms with E-state index in [1.54, 1.807) is 0 Å². The normalized spacial score (nSPS) is 14.7. The Morgan fingerprint density at radius 3 is 2.72 bits per heavy atom. The molecule has 98 valence electrons. The second-order valence-corrected chi connectivity index (χ2v) is 4.73. The van der Waals surface area contributed by atoms with E-state index in [0.717, 1.165) is 37.2 Å². The number of rotatable bonds is 3. The molecule has 18 heavy (non-hydrogen) atoms. The van der Waals surface area contributed by atoms with E-state index in [9.17, 15) is 4.79 Å². The average Bonchev–Trinajstić information content (AvgIpc) is 2.85. The van der Waals surface area contributed by atoms with Gasteiger partial charge in [-0.3, -0.25) is 0 Å². The summed E-state index contributed by atoms with van der Waals surface area (Å²) >= 11 is 0. The van der Waals surface area contributed by atoms with Gasteiger partial charge < -0.3 is 15.0 Å². The summed E-state index contributed by atoms with van der Waals surface area (Å²) in [5.41, 5.74) is 2.30. The molecule has 0 aromatic heterocycles. The van der Waals surface area contributed by atoms with Crippen LogP contribution in [0.15, 0.2) is 18.2 Å². The number of urea groups is 1. The zero-order valence-electron chi connectivity index (χ0n) is 11.0. The first-order valence-corrected chi connectivity index (χ1v) is 6.39. The van der Waals surface area contributed by atoms with Gasteiger partial charge in [-0.05, 0) is 38.3 Å². The molecule has 0 saturated carbocycles. The van der Waals surface area contributed by atoms with Crippen LogP contribution in [0, 0.1) is 13.8 Å². The Morgan fingerprint density at radius 1 is 1.33 bits per heavy atom. The molecule has 4 nitrogen and oxygen atoms in total. The van der Waals surface area contributed by atoms with Gasteiger partial charge in [0.2, 0.25) is 0 Å². The molecular formula is C14H20N2O2. The summed E-state index contributed by atoms with van der Waals surface area (Å²) in [6, 6.07) is 5.98. The summed E-state index contributed by atoms with van der Waals surface area (Å²) < 4.78 is 5.56. The Balaban J connectivity index is 1.79. The first kappa shape index (κ1) is 12.7. The molecule has 2 rings (SSSR count). The molecule has 1 aliphatic heterocycles. The molecule has 0 atom stereocenters. The number of nitrogens with one attached hydrogen (secondary N) is 1. The monoisotopic (exact) mass is 248 g/mol. The molecule has 0 unspecified atom stereocenters. The molecule has 0 spiro atoms. The highest BCUT2D eigenvalue weighted by atomic mass is 16.5. The van der Waals surface area contributed by atoms with Gasteiger partial charge in [-0.1, -0.05) is 17.7 Å². The Bertz CT molecular complexity index is 426. The number of ether oxygens (including phenoxy) is 1. The molecule has 0 radical (unpaired) electrons. The largest absolute Gasteiger partial charge is 0.473 e. The Hall–Kier alpha value is -1.71. The first-order valence-electron chi connectivity index (χ1n) is 6.39. The Kier molecular flexibility index (Phi) is 4.07. The number of benzene rings is 1. The van der Waals surface area contributed by atoms with Gasteiger partial charge >= 0.3 is 6.03 Å². The third kappa shape index (κ3) is 3.15. The maximum absolute atomic E-state index is 11.7. The van der Waals surface area contributed by atoms with E-state index in [0.29, 0.717) is 0 Å². The van der Waals surface area contributed by atoms with Gasteiger partial charge in [0.25, 0.3) is 0 Å². The van der Waals surface area contributed by atoms with Crippen molar-refractivity contribution in [3.8, 4) is 5.75 Å². The van der Waals surface area contributed by atoms with Gasteiger partial charge in [-0.15, -0.1) is 0 Å². The van der Waals surface area contributed by atoms with E-state index in [-0.39, 0.29) is 12.8 Å². The number of carbonyl (C=O) groups is 1. The number of nitrogens with zero attached hydrogens (tertiary/aromatic N) is 1. The molecule has 2 amide bonds. The van der Waals surface area contributed by atoms with Crippen LogP contribution in [0.4, 0.5) is 4.79 Å². The van der Waals surface area contributed by atoms with E-state index in [4.69, 9.17) is 4.74 Å². The van der Waals surface area contributed by atoms with Crippen LogP contribution < -0.4 is 10.1 Å². The van der Waals surface area contributed by atoms with E-state index in [2.05, 4.69) is 11.4 Å². The summed E-state index contributed by atoms with van der Waals surface area (Å²) in [6.45, 7) is 5.99. The number of hydrogen-bond acceptors (Lipinski definition) is 2. The van der Waals surface area contributed by atoms with Crippen LogP contribution in [-0.4, -0.2) is 30.8 Å². The molecule has 0 aliphatic carbocycles. The molecule has 1 heterocycles. The maximum atomic E-state index is 11.7. The second kappa shape index (κ2) is 5.76. The van der Waals surface area contributed by atoms with Crippen molar-refractivity contribution in [1.29, 1.82) is 0 Å². The molecule has 1 aromatic rings. The molecule has 0 bridgehead atoms. The van der Waals surface area contributed by atoms with Crippen molar-refractivity contribution in [1.82, 2.24) is 10.2 Å². The van der Waals surface area contributed by atoms with Gasteiger partial charge in [-0.2, -0.15) is 0 Å². The summed E-state index contributed by atoms with van der Waals surface area (Å²) in [5, 5.41) is 2.78. The number of aryl methyl sites for hydroxylation is 2. The van der Waals surface area contributed by atoms with Crippen LogP contribution in [0.5, 0.6) is 5.75 Å². The Labute approximate surface area is 108 Å². The summed E-state index contributed by atoms with van der Waals surface area (Å²) in [4.78, 5) is 13.5. The number of amides is 2. The predicted octanol–water partition coefficient (Wildman–Crippen LogP) is 2.45. The zero-order chi connectivity index (χ0) is 13.0. The Morgan fingerprint density at radius 2 is 2.06 bits per heavy atom. The topological polar surface area (TPSA) is 41.6 Å². The zero-order valence-corrected chi connectivity index (χ0v) is 11.0. The van der Waals surface area contributed by atoms with Crippen molar-refractivity contribution in [2.24, 2.45) is 0 Å². The number of hydrogen-bond donors (Lipinski definition) is 1. The van der Waals surface area contributed by atoms with Crippen molar-refractivity contribution in [3.05, 3.63) is 29.3 Å². The molecule has 1 fully saturated rings. The third-order valence-electron chi connectivity index (χ3n) is 3.17. The fourth-order valence-electron chi connectivity index (χ4n) is 2.17. The second-order valence-electron chi connectivity index (χ2n) is 4.73. The van der Waals surface area contributed by atoms with Gasteiger partial charge in [-0.25, -0.2) is 4.79 Å². The van der Waals surface area contributed by atoms with Gasteiger partial charge in [0, 0.05) is 13.1 Å². The molecule has 1 N–H and O–H groups in total. The molecule has 1 aromatic carbocycles. The van der Waals surface area contributed by atoms with Crippen LogP contribution in [-0.2, 0) is 0 Å². The predicted molar refractivity (Wildman–Crippen MR) is 70.7 cm³/mol. The van der Waals surface area contributed by atoms with E-state index >= 15 is 0 Å². The van der Waals surface area contributed by atoms with E-state index < -0.39 is 0 Å². The standard InChI is InChI=1S/C14H20N2O2/c1-11-5-6-13(12(2)9-11)18-10-15-14(17)16-7-3-4-8-16/h5-6,9H,3-4,7-8,10H2,1-2H3,(H,15,17). The fraction of sp³-hybridized carbons (Fsp3) is 0.500. The lowest BCUT2D eigenvalue weighted by Crippen LogP contribution is -2.39. The van der Waals surface area contributed by atoms with Crippen molar-refractivity contribution < 1.29 is 9.53 Å². The van der Waals surface area contributed by atoms with Crippen LogP contribution in [0.3, 0.4) is 0 Å². The fourth-order valence-corrected chi connectivity index (χ4v) is 2.17. The van der Waals surface area contributed by atoms with Crippen LogP contribution >= 0.6 is 0 Å². The van der Waals surface area contributed by atoms with Gasteiger partial charge in [0.1, 0.15) is 5.75 Å². The van der Waals surface area contributed by atoms with Crippen LogP contribution in [0.1, 0.15) is 24.0 Å². The minimum Gasteiger partial charge on any atom is -0.473 e. The van der Waals surface area contributed by atoms with Gasteiger partial charge in [0.15, 0.2) is 6.73 Å². The molecular weight excluding hydrogens is 228 g/mol. The quantitative estimate of drug-likeness (QED) is 0.835. The third-order valence-corrected chi connectivity index (χ3v) is 3.17.